The van der Waals surface area contributed by atoms with E-state index in [1.807, 2.05) is 0 Å². The van der Waals surface area contributed by atoms with Crippen molar-refractivity contribution < 1.29 is 17.9 Å². The second-order valence-corrected chi connectivity index (χ2v) is 4.93. The Morgan fingerprint density at radius 1 is 1.26 bits per heavy atom. The van der Waals surface area contributed by atoms with Crippen LogP contribution in [0.4, 0.5) is 13.2 Å². The Bertz CT molecular complexity index is 425. The Balaban J connectivity index is 2.14. The van der Waals surface area contributed by atoms with E-state index in [1.165, 1.54) is 13.2 Å². The number of methoxy groups -OCH3 is 1. The average molecular weight is 273 g/mol. The summed E-state index contributed by atoms with van der Waals surface area (Å²) >= 11 is 0. The molecule has 106 valence electrons. The molecule has 1 aromatic carbocycles. The predicted molar refractivity (Wildman–Crippen MR) is 67.3 cm³/mol. The molecule has 0 bridgehead atoms. The van der Waals surface area contributed by atoms with Crippen molar-refractivity contribution in [2.45, 2.75) is 25.4 Å². The predicted octanol–water partition coefficient (Wildman–Crippen LogP) is 3.26. The molecule has 1 aliphatic heterocycles. The SMILES string of the molecule is COc1cc(CC2CCNCC2)ccc1C(F)(F)F. The molecule has 0 aromatic heterocycles. The van der Waals surface area contributed by atoms with Crippen LogP contribution in [0.3, 0.4) is 0 Å². The molecule has 1 fully saturated rings. The molecule has 5 heteroatoms. The summed E-state index contributed by atoms with van der Waals surface area (Å²) in [4.78, 5) is 0. The van der Waals surface area contributed by atoms with Crippen LogP contribution in [0.2, 0.25) is 0 Å². The van der Waals surface area contributed by atoms with Gasteiger partial charge in [0.05, 0.1) is 12.7 Å². The topological polar surface area (TPSA) is 21.3 Å². The fraction of sp³-hybridized carbons (Fsp3) is 0.571. The number of alkyl halides is 3. The quantitative estimate of drug-likeness (QED) is 0.912. The van der Waals surface area contributed by atoms with Gasteiger partial charge in [-0.3, -0.25) is 0 Å². The van der Waals surface area contributed by atoms with Gasteiger partial charge in [0.2, 0.25) is 0 Å². The van der Waals surface area contributed by atoms with Gasteiger partial charge < -0.3 is 10.1 Å². The lowest BCUT2D eigenvalue weighted by Crippen LogP contribution is -2.28. The van der Waals surface area contributed by atoms with Gasteiger partial charge in [-0.2, -0.15) is 13.2 Å². The van der Waals surface area contributed by atoms with Crippen LogP contribution >= 0.6 is 0 Å². The van der Waals surface area contributed by atoms with Gasteiger partial charge in [-0.1, -0.05) is 6.07 Å². The van der Waals surface area contributed by atoms with E-state index < -0.39 is 11.7 Å². The maximum atomic E-state index is 12.7. The average Bonchev–Trinajstić information content (AvgIpc) is 2.38. The lowest BCUT2D eigenvalue weighted by molar-refractivity contribution is -0.138. The molecule has 1 saturated heterocycles. The van der Waals surface area contributed by atoms with Gasteiger partial charge in [-0.05, 0) is 56.0 Å². The van der Waals surface area contributed by atoms with Gasteiger partial charge >= 0.3 is 6.18 Å². The standard InChI is InChI=1S/C14H18F3NO/c1-19-13-9-11(2-3-12(13)14(15,16)17)8-10-4-6-18-7-5-10/h2-3,9-10,18H,4-8H2,1H3. The van der Waals surface area contributed by atoms with E-state index in [0.717, 1.165) is 44.0 Å². The molecule has 1 N–H and O–H groups in total. The molecule has 0 aliphatic carbocycles. The van der Waals surface area contributed by atoms with Crippen molar-refractivity contribution in [2.24, 2.45) is 5.92 Å². The summed E-state index contributed by atoms with van der Waals surface area (Å²) in [5.74, 6) is 0.460. The maximum absolute atomic E-state index is 12.7. The fourth-order valence-electron chi connectivity index (χ4n) is 2.52. The smallest absolute Gasteiger partial charge is 0.419 e. The van der Waals surface area contributed by atoms with Gasteiger partial charge in [-0.25, -0.2) is 0 Å². The van der Waals surface area contributed by atoms with E-state index in [0.29, 0.717) is 5.92 Å². The molecular weight excluding hydrogens is 255 g/mol. The number of benzene rings is 1. The van der Waals surface area contributed by atoms with E-state index >= 15 is 0 Å². The minimum atomic E-state index is -4.36. The van der Waals surface area contributed by atoms with Crippen molar-refractivity contribution in [2.75, 3.05) is 20.2 Å². The van der Waals surface area contributed by atoms with E-state index in [1.54, 1.807) is 6.07 Å². The zero-order valence-electron chi connectivity index (χ0n) is 10.9. The Labute approximate surface area is 111 Å². The van der Waals surface area contributed by atoms with Crippen LogP contribution < -0.4 is 10.1 Å². The van der Waals surface area contributed by atoms with E-state index in [2.05, 4.69) is 5.32 Å². The first kappa shape index (κ1) is 14.2. The molecule has 0 spiro atoms. The van der Waals surface area contributed by atoms with Crippen LogP contribution in [0.5, 0.6) is 5.75 Å². The zero-order valence-corrected chi connectivity index (χ0v) is 10.9. The number of rotatable bonds is 3. The molecule has 0 amide bonds. The largest absolute Gasteiger partial charge is 0.496 e. The molecule has 1 aromatic rings. The highest BCUT2D eigenvalue weighted by atomic mass is 19.4. The van der Waals surface area contributed by atoms with Crippen molar-refractivity contribution in [1.82, 2.24) is 5.32 Å². The number of nitrogens with one attached hydrogen (secondary N) is 1. The van der Waals surface area contributed by atoms with Crippen LogP contribution in [0, 0.1) is 5.92 Å². The number of halogens is 3. The first-order valence-corrected chi connectivity index (χ1v) is 6.45. The first-order chi connectivity index (χ1) is 9.00. The van der Waals surface area contributed by atoms with Crippen molar-refractivity contribution >= 4 is 0 Å². The summed E-state index contributed by atoms with van der Waals surface area (Å²) in [7, 11) is 1.28. The lowest BCUT2D eigenvalue weighted by atomic mass is 9.90. The molecule has 0 radical (unpaired) electrons. The Morgan fingerprint density at radius 3 is 2.53 bits per heavy atom. The van der Waals surface area contributed by atoms with Gasteiger partial charge in [0.1, 0.15) is 5.75 Å². The third-order valence-electron chi connectivity index (χ3n) is 3.55. The maximum Gasteiger partial charge on any atom is 0.419 e. The van der Waals surface area contributed by atoms with Crippen LogP contribution in [0.1, 0.15) is 24.0 Å². The van der Waals surface area contributed by atoms with Gasteiger partial charge in [-0.15, -0.1) is 0 Å². The Morgan fingerprint density at radius 2 is 1.95 bits per heavy atom. The summed E-state index contributed by atoms with van der Waals surface area (Å²) in [6.45, 7) is 1.98. The highest BCUT2D eigenvalue weighted by Gasteiger charge is 2.34. The Hall–Kier alpha value is -1.23. The molecule has 0 saturated carbocycles. The monoisotopic (exact) mass is 273 g/mol. The summed E-state index contributed by atoms with van der Waals surface area (Å²) in [6, 6.07) is 4.20. The van der Waals surface area contributed by atoms with Crippen molar-refractivity contribution in [3.63, 3.8) is 0 Å². The fourth-order valence-corrected chi connectivity index (χ4v) is 2.52. The third kappa shape index (κ3) is 3.62. The minimum Gasteiger partial charge on any atom is -0.496 e. The molecule has 0 unspecified atom stereocenters. The highest BCUT2D eigenvalue weighted by Crippen LogP contribution is 2.37. The summed E-state index contributed by atoms with van der Waals surface area (Å²) < 4.78 is 43.1. The van der Waals surface area contributed by atoms with E-state index in [-0.39, 0.29) is 5.75 Å². The molecule has 2 nitrogen and oxygen atoms in total. The summed E-state index contributed by atoms with van der Waals surface area (Å²) in [5.41, 5.74) is 0.209. The molecule has 2 rings (SSSR count). The molecular formula is C14H18F3NO. The Kier molecular flexibility index (Phi) is 4.34. The molecule has 19 heavy (non-hydrogen) atoms. The number of piperidine rings is 1. The van der Waals surface area contributed by atoms with Gasteiger partial charge in [0.15, 0.2) is 0 Å². The zero-order chi connectivity index (χ0) is 13.9. The molecule has 0 atom stereocenters. The third-order valence-corrected chi connectivity index (χ3v) is 3.55. The van der Waals surface area contributed by atoms with Crippen molar-refractivity contribution in [1.29, 1.82) is 0 Å². The molecule has 1 heterocycles. The van der Waals surface area contributed by atoms with Crippen LogP contribution in [0.15, 0.2) is 18.2 Å². The minimum absolute atomic E-state index is 0.0843. The number of hydrogen-bond donors (Lipinski definition) is 1. The second kappa shape index (κ2) is 5.82. The number of hydrogen-bond acceptors (Lipinski definition) is 2. The summed E-state index contributed by atoms with van der Waals surface area (Å²) in [6.07, 6.45) is -1.40. The molecule has 1 aliphatic rings. The second-order valence-electron chi connectivity index (χ2n) is 4.93. The van der Waals surface area contributed by atoms with Crippen molar-refractivity contribution in [3.05, 3.63) is 29.3 Å². The van der Waals surface area contributed by atoms with Crippen LogP contribution in [-0.4, -0.2) is 20.2 Å². The van der Waals surface area contributed by atoms with Gasteiger partial charge in [0, 0.05) is 0 Å². The first-order valence-electron chi connectivity index (χ1n) is 6.45. The normalized spacial score (nSPS) is 17.5. The highest BCUT2D eigenvalue weighted by molar-refractivity contribution is 5.39. The van der Waals surface area contributed by atoms with Crippen molar-refractivity contribution in [3.8, 4) is 5.75 Å². The summed E-state index contributed by atoms with van der Waals surface area (Å²) in [5, 5.41) is 3.28. The van der Waals surface area contributed by atoms with Crippen LogP contribution in [0.25, 0.3) is 0 Å². The van der Waals surface area contributed by atoms with E-state index in [9.17, 15) is 13.2 Å². The van der Waals surface area contributed by atoms with Gasteiger partial charge in [0.25, 0.3) is 0 Å². The number of ether oxygens (including phenoxy) is 1. The van der Waals surface area contributed by atoms with E-state index in [4.69, 9.17) is 4.74 Å². The van der Waals surface area contributed by atoms with Crippen LogP contribution in [-0.2, 0) is 12.6 Å². The lowest BCUT2D eigenvalue weighted by Gasteiger charge is -2.23.